The topological polar surface area (TPSA) is 79.1 Å². The second-order valence-corrected chi connectivity index (χ2v) is 8.84. The number of thiazole rings is 1. The zero-order valence-electron chi connectivity index (χ0n) is 20.3. The van der Waals surface area contributed by atoms with Gasteiger partial charge in [-0.2, -0.15) is 0 Å². The molecule has 0 amide bonds. The first-order valence-electron chi connectivity index (χ1n) is 11.6. The predicted molar refractivity (Wildman–Crippen MR) is 139 cm³/mol. The van der Waals surface area contributed by atoms with Crippen LogP contribution in [0.1, 0.15) is 37.9 Å². The van der Waals surface area contributed by atoms with E-state index in [0.717, 1.165) is 5.56 Å². The van der Waals surface area contributed by atoms with Crippen LogP contribution < -0.4 is 24.4 Å². The number of carbonyl (C=O) groups excluding carboxylic acids is 1. The Hall–Kier alpha value is -4.09. The van der Waals surface area contributed by atoms with Crippen LogP contribution in [0.4, 0.5) is 0 Å². The van der Waals surface area contributed by atoms with Gasteiger partial charge in [0.15, 0.2) is 4.80 Å². The molecule has 184 valence electrons. The average Bonchev–Trinajstić information content (AvgIpc) is 3.17. The standard InChI is InChI=1S/C28H26N2O5S/c1-5-16-35-20-14-12-19(13-15-20)17-23-26(31)30-25(21-10-8-9-11-22(21)33-6-2)24(27(32)34-7-3)18(4)29-28(30)36-23/h1,8-15,17,25H,6-7,16H2,2-4H3/b23-17+/t25-/m1/s1. The maximum atomic E-state index is 13.7. The zero-order chi connectivity index (χ0) is 25.7. The number of aromatic nitrogens is 1. The van der Waals surface area contributed by atoms with Crippen molar-refractivity contribution in [2.24, 2.45) is 4.99 Å². The zero-order valence-corrected chi connectivity index (χ0v) is 21.1. The minimum Gasteiger partial charge on any atom is -0.494 e. The summed E-state index contributed by atoms with van der Waals surface area (Å²) in [5.41, 5.74) is 2.09. The molecule has 0 aliphatic carbocycles. The Balaban J connectivity index is 1.88. The smallest absolute Gasteiger partial charge is 0.338 e. The van der Waals surface area contributed by atoms with Gasteiger partial charge in [0, 0.05) is 5.56 Å². The molecule has 0 fully saturated rings. The van der Waals surface area contributed by atoms with Crippen LogP contribution in [0, 0.1) is 12.3 Å². The van der Waals surface area contributed by atoms with Gasteiger partial charge in [0.05, 0.1) is 29.0 Å². The number of esters is 1. The molecule has 1 aliphatic rings. The summed E-state index contributed by atoms with van der Waals surface area (Å²) in [6, 6.07) is 14.0. The third kappa shape index (κ3) is 4.97. The van der Waals surface area contributed by atoms with E-state index in [0.29, 0.717) is 44.3 Å². The normalized spacial score (nSPS) is 15.1. The van der Waals surface area contributed by atoms with Crippen LogP contribution in [0.25, 0.3) is 6.08 Å². The van der Waals surface area contributed by atoms with Gasteiger partial charge in [-0.1, -0.05) is 47.6 Å². The highest BCUT2D eigenvalue weighted by Gasteiger charge is 2.35. The fourth-order valence-electron chi connectivity index (χ4n) is 4.02. The van der Waals surface area contributed by atoms with E-state index in [1.807, 2.05) is 43.3 Å². The highest BCUT2D eigenvalue weighted by Crippen LogP contribution is 2.35. The number of hydrogen-bond donors (Lipinski definition) is 0. The van der Waals surface area contributed by atoms with E-state index < -0.39 is 12.0 Å². The largest absolute Gasteiger partial charge is 0.494 e. The molecule has 2 aromatic carbocycles. The summed E-state index contributed by atoms with van der Waals surface area (Å²) in [4.78, 5) is 31.9. The molecule has 1 aliphatic heterocycles. The van der Waals surface area contributed by atoms with Gasteiger partial charge in [0.25, 0.3) is 5.56 Å². The quantitative estimate of drug-likeness (QED) is 0.349. The van der Waals surface area contributed by atoms with Crippen molar-refractivity contribution in [3.8, 4) is 23.8 Å². The van der Waals surface area contributed by atoms with Crippen molar-refractivity contribution in [2.75, 3.05) is 19.8 Å². The lowest BCUT2D eigenvalue weighted by molar-refractivity contribution is -0.139. The van der Waals surface area contributed by atoms with E-state index in [2.05, 4.69) is 10.9 Å². The first kappa shape index (κ1) is 25.0. The maximum Gasteiger partial charge on any atom is 0.338 e. The van der Waals surface area contributed by atoms with Crippen molar-refractivity contribution in [3.05, 3.63) is 90.6 Å². The van der Waals surface area contributed by atoms with E-state index in [-0.39, 0.29) is 18.8 Å². The lowest BCUT2D eigenvalue weighted by Gasteiger charge is -2.26. The Morgan fingerprint density at radius 1 is 1.14 bits per heavy atom. The summed E-state index contributed by atoms with van der Waals surface area (Å²) in [6.07, 6.45) is 7.04. The lowest BCUT2D eigenvalue weighted by atomic mass is 9.95. The van der Waals surface area contributed by atoms with Crippen molar-refractivity contribution in [2.45, 2.75) is 26.8 Å². The van der Waals surface area contributed by atoms with Crippen LogP contribution in [0.2, 0.25) is 0 Å². The molecular formula is C28H26N2O5S. The summed E-state index contributed by atoms with van der Waals surface area (Å²) >= 11 is 1.27. The monoisotopic (exact) mass is 502 g/mol. The van der Waals surface area contributed by atoms with Crippen molar-refractivity contribution >= 4 is 23.4 Å². The molecule has 3 aromatic rings. The predicted octanol–water partition coefficient (Wildman–Crippen LogP) is 3.21. The van der Waals surface area contributed by atoms with E-state index in [4.69, 9.17) is 20.6 Å². The van der Waals surface area contributed by atoms with Crippen LogP contribution in [-0.4, -0.2) is 30.4 Å². The van der Waals surface area contributed by atoms with Crippen LogP contribution in [-0.2, 0) is 9.53 Å². The molecule has 0 N–H and O–H groups in total. The molecule has 36 heavy (non-hydrogen) atoms. The molecule has 0 unspecified atom stereocenters. The number of para-hydroxylation sites is 1. The highest BCUT2D eigenvalue weighted by atomic mass is 32.1. The van der Waals surface area contributed by atoms with Gasteiger partial charge in [0.2, 0.25) is 0 Å². The van der Waals surface area contributed by atoms with Gasteiger partial charge < -0.3 is 14.2 Å². The summed E-state index contributed by atoms with van der Waals surface area (Å²) in [5, 5.41) is 0. The van der Waals surface area contributed by atoms with Crippen LogP contribution >= 0.6 is 11.3 Å². The molecule has 4 rings (SSSR count). The fraction of sp³-hybridized carbons (Fsp3) is 0.250. The van der Waals surface area contributed by atoms with Crippen LogP contribution in [0.3, 0.4) is 0 Å². The molecule has 7 nitrogen and oxygen atoms in total. The number of allylic oxidation sites excluding steroid dienone is 1. The average molecular weight is 503 g/mol. The molecular weight excluding hydrogens is 476 g/mol. The third-order valence-electron chi connectivity index (χ3n) is 5.53. The Kier molecular flexibility index (Phi) is 7.71. The van der Waals surface area contributed by atoms with Gasteiger partial charge in [-0.3, -0.25) is 9.36 Å². The summed E-state index contributed by atoms with van der Waals surface area (Å²) in [6.45, 7) is 6.23. The number of ether oxygens (including phenoxy) is 3. The third-order valence-corrected chi connectivity index (χ3v) is 6.51. The first-order valence-corrected chi connectivity index (χ1v) is 12.4. The minimum atomic E-state index is -0.732. The van der Waals surface area contributed by atoms with Crippen molar-refractivity contribution in [3.63, 3.8) is 0 Å². The van der Waals surface area contributed by atoms with E-state index in [1.165, 1.54) is 11.3 Å². The van der Waals surface area contributed by atoms with Gasteiger partial charge in [-0.05, 0) is 50.6 Å². The Bertz CT molecular complexity index is 1520. The molecule has 0 radical (unpaired) electrons. The van der Waals surface area contributed by atoms with Crippen LogP contribution in [0.5, 0.6) is 11.5 Å². The van der Waals surface area contributed by atoms with E-state index >= 15 is 0 Å². The maximum absolute atomic E-state index is 13.7. The Morgan fingerprint density at radius 3 is 2.58 bits per heavy atom. The summed E-state index contributed by atoms with van der Waals surface area (Å²) in [5.74, 6) is 3.16. The van der Waals surface area contributed by atoms with Gasteiger partial charge in [-0.25, -0.2) is 9.79 Å². The van der Waals surface area contributed by atoms with Gasteiger partial charge in [-0.15, -0.1) is 6.42 Å². The van der Waals surface area contributed by atoms with Crippen molar-refractivity contribution in [1.82, 2.24) is 4.57 Å². The number of fused-ring (bicyclic) bond motifs is 1. The fourth-order valence-corrected chi connectivity index (χ4v) is 5.06. The molecule has 8 heteroatoms. The molecule has 2 heterocycles. The lowest BCUT2D eigenvalue weighted by Crippen LogP contribution is -2.40. The molecule has 1 aromatic heterocycles. The number of carbonyl (C=O) groups is 1. The summed E-state index contributed by atoms with van der Waals surface area (Å²) < 4.78 is 18.7. The number of hydrogen-bond acceptors (Lipinski definition) is 7. The number of nitrogens with zero attached hydrogens (tertiary/aromatic N) is 2. The highest BCUT2D eigenvalue weighted by molar-refractivity contribution is 7.07. The molecule has 0 bridgehead atoms. The van der Waals surface area contributed by atoms with Gasteiger partial charge >= 0.3 is 5.97 Å². The van der Waals surface area contributed by atoms with Crippen LogP contribution in [0.15, 0.2) is 69.6 Å². The molecule has 1 atom stereocenters. The molecule has 0 spiro atoms. The first-order chi connectivity index (χ1) is 17.5. The van der Waals surface area contributed by atoms with E-state index in [1.54, 1.807) is 36.6 Å². The van der Waals surface area contributed by atoms with E-state index in [9.17, 15) is 9.59 Å². The second-order valence-electron chi connectivity index (χ2n) is 7.83. The number of benzene rings is 2. The SMILES string of the molecule is C#CCOc1ccc(/C=c2/sc3n(c2=O)[C@H](c2ccccc2OCC)C(C(=O)OCC)=C(C)N=3)cc1. The summed E-state index contributed by atoms with van der Waals surface area (Å²) in [7, 11) is 0. The number of terminal acetylenes is 1. The van der Waals surface area contributed by atoms with Crippen molar-refractivity contribution < 1.29 is 19.0 Å². The second kappa shape index (κ2) is 11.1. The van der Waals surface area contributed by atoms with Crippen molar-refractivity contribution in [1.29, 1.82) is 0 Å². The van der Waals surface area contributed by atoms with Gasteiger partial charge in [0.1, 0.15) is 24.1 Å². The number of rotatable bonds is 8. The molecule has 0 saturated carbocycles. The Labute approximate surface area is 213 Å². The minimum absolute atomic E-state index is 0.184. The Morgan fingerprint density at radius 2 is 1.89 bits per heavy atom. The molecule has 0 saturated heterocycles.